The third-order valence-corrected chi connectivity index (χ3v) is 4.63. The Balaban J connectivity index is 0.00000200. The van der Waals surface area contributed by atoms with Crippen LogP contribution in [0.15, 0.2) is 11.2 Å². The first-order valence-electron chi connectivity index (χ1n) is 7.17. The van der Waals surface area contributed by atoms with Crippen LogP contribution in [-0.4, -0.2) is 24.0 Å². The summed E-state index contributed by atoms with van der Waals surface area (Å²) < 4.78 is 0. The quantitative estimate of drug-likeness (QED) is 0.432. The number of thiazole rings is 1. The van der Waals surface area contributed by atoms with Crippen molar-refractivity contribution >= 4 is 41.3 Å². The van der Waals surface area contributed by atoms with Crippen LogP contribution in [0.2, 0.25) is 0 Å². The van der Waals surface area contributed by atoms with Crippen LogP contribution in [-0.2, 0) is 13.0 Å². The van der Waals surface area contributed by atoms with Gasteiger partial charge in [-0.15, -0.1) is 35.3 Å². The summed E-state index contributed by atoms with van der Waals surface area (Å²) in [6.45, 7) is 5.16. The molecule has 4 nitrogen and oxygen atoms in total. The van der Waals surface area contributed by atoms with Crippen molar-refractivity contribution in [1.29, 1.82) is 0 Å². The van der Waals surface area contributed by atoms with Crippen LogP contribution in [0.5, 0.6) is 0 Å². The molecule has 2 atom stereocenters. The Kier molecular flexibility index (Phi) is 7.79. The van der Waals surface area contributed by atoms with Gasteiger partial charge in [0.1, 0.15) is 5.01 Å². The monoisotopic (exact) mass is 408 g/mol. The standard InChI is InChI=1S/C14H24N4S.HI/c1-4-6-10-7-12(10)18-14(15-3)17-9-13-16-8-11(5-2)19-13;/h8,10,12H,4-7,9H2,1-3H3,(H2,15,17,18);1H. The molecule has 0 bridgehead atoms. The van der Waals surface area contributed by atoms with Crippen LogP contribution < -0.4 is 10.6 Å². The summed E-state index contributed by atoms with van der Waals surface area (Å²) in [4.78, 5) is 10.0. The number of halogens is 1. The van der Waals surface area contributed by atoms with Gasteiger partial charge in [0.2, 0.25) is 0 Å². The maximum Gasteiger partial charge on any atom is 0.191 e. The minimum absolute atomic E-state index is 0. The first kappa shape index (κ1) is 17.7. The third kappa shape index (κ3) is 5.20. The summed E-state index contributed by atoms with van der Waals surface area (Å²) in [6, 6.07) is 0.619. The third-order valence-electron chi connectivity index (χ3n) is 3.48. The molecule has 0 amide bonds. The molecule has 0 aromatic carbocycles. The Morgan fingerprint density at radius 3 is 2.90 bits per heavy atom. The van der Waals surface area contributed by atoms with E-state index in [4.69, 9.17) is 0 Å². The van der Waals surface area contributed by atoms with Crippen LogP contribution in [0.3, 0.4) is 0 Å². The molecule has 20 heavy (non-hydrogen) atoms. The Bertz CT molecular complexity index is 433. The second-order valence-corrected chi connectivity index (χ2v) is 6.23. The minimum Gasteiger partial charge on any atom is -0.353 e. The molecule has 0 radical (unpaired) electrons. The van der Waals surface area contributed by atoms with E-state index in [1.807, 2.05) is 13.2 Å². The highest BCUT2D eigenvalue weighted by Crippen LogP contribution is 2.34. The van der Waals surface area contributed by atoms with Crippen LogP contribution >= 0.6 is 35.3 Å². The zero-order chi connectivity index (χ0) is 13.7. The molecule has 2 N–H and O–H groups in total. The van der Waals surface area contributed by atoms with Gasteiger partial charge in [0.15, 0.2) is 5.96 Å². The van der Waals surface area contributed by atoms with E-state index in [-0.39, 0.29) is 24.0 Å². The Hall–Kier alpha value is -0.370. The van der Waals surface area contributed by atoms with Gasteiger partial charge in [0.05, 0.1) is 6.54 Å². The average Bonchev–Trinajstić information content (AvgIpc) is 2.99. The number of hydrogen-bond acceptors (Lipinski definition) is 3. The van der Waals surface area contributed by atoms with Crippen LogP contribution in [0.25, 0.3) is 0 Å². The SMILES string of the molecule is CCCC1CC1NC(=NC)NCc1ncc(CC)s1.I. The fourth-order valence-electron chi connectivity index (χ4n) is 2.24. The molecule has 2 rings (SSSR count). The van der Waals surface area contributed by atoms with Gasteiger partial charge >= 0.3 is 0 Å². The smallest absolute Gasteiger partial charge is 0.191 e. The molecule has 0 spiro atoms. The maximum absolute atomic E-state index is 4.41. The normalized spacial score (nSPS) is 21.2. The summed E-state index contributed by atoms with van der Waals surface area (Å²) in [5.41, 5.74) is 0. The van der Waals surface area contributed by atoms with Crippen LogP contribution in [0.4, 0.5) is 0 Å². The predicted octanol–water partition coefficient (Wildman–Crippen LogP) is 3.18. The molecule has 0 saturated heterocycles. The number of aliphatic imine (C=N–C) groups is 1. The van der Waals surface area contributed by atoms with Crippen molar-refractivity contribution in [2.24, 2.45) is 10.9 Å². The Labute approximate surface area is 142 Å². The van der Waals surface area contributed by atoms with Crippen LogP contribution in [0, 0.1) is 5.92 Å². The lowest BCUT2D eigenvalue weighted by Crippen LogP contribution is -2.38. The second kappa shape index (κ2) is 8.81. The predicted molar refractivity (Wildman–Crippen MR) is 97.0 cm³/mol. The van der Waals surface area contributed by atoms with Crippen molar-refractivity contribution < 1.29 is 0 Å². The highest BCUT2D eigenvalue weighted by Gasteiger charge is 2.36. The van der Waals surface area contributed by atoms with Gasteiger partial charge in [-0.3, -0.25) is 4.99 Å². The Morgan fingerprint density at radius 1 is 1.50 bits per heavy atom. The number of hydrogen-bond donors (Lipinski definition) is 2. The number of aryl methyl sites for hydroxylation is 1. The van der Waals surface area contributed by atoms with Crippen molar-refractivity contribution in [3.63, 3.8) is 0 Å². The molecule has 1 aromatic rings. The topological polar surface area (TPSA) is 49.3 Å². The largest absolute Gasteiger partial charge is 0.353 e. The first-order valence-corrected chi connectivity index (χ1v) is 7.99. The first-order chi connectivity index (χ1) is 9.26. The molecule has 2 unspecified atom stereocenters. The van der Waals surface area contributed by atoms with Crippen molar-refractivity contribution in [1.82, 2.24) is 15.6 Å². The van der Waals surface area contributed by atoms with E-state index in [0.717, 1.165) is 29.9 Å². The number of guanidine groups is 1. The maximum atomic E-state index is 4.41. The van der Waals surface area contributed by atoms with E-state index >= 15 is 0 Å². The summed E-state index contributed by atoms with van der Waals surface area (Å²) in [5, 5.41) is 7.95. The lowest BCUT2D eigenvalue weighted by Gasteiger charge is -2.10. The lowest BCUT2D eigenvalue weighted by molar-refractivity contribution is 0.655. The Morgan fingerprint density at radius 2 is 2.30 bits per heavy atom. The fourth-order valence-corrected chi connectivity index (χ4v) is 3.04. The molecule has 1 aliphatic carbocycles. The van der Waals surface area contributed by atoms with E-state index in [9.17, 15) is 0 Å². The highest BCUT2D eigenvalue weighted by molar-refractivity contribution is 14.0. The molecular weight excluding hydrogens is 383 g/mol. The van der Waals surface area contributed by atoms with E-state index in [2.05, 4.69) is 34.5 Å². The van der Waals surface area contributed by atoms with E-state index in [1.54, 1.807) is 11.3 Å². The van der Waals surface area contributed by atoms with E-state index in [1.165, 1.54) is 24.1 Å². The fraction of sp³-hybridized carbons (Fsp3) is 0.714. The van der Waals surface area contributed by atoms with Crippen molar-refractivity contribution in [3.05, 3.63) is 16.1 Å². The lowest BCUT2D eigenvalue weighted by atomic mass is 10.2. The zero-order valence-electron chi connectivity index (χ0n) is 12.5. The highest BCUT2D eigenvalue weighted by atomic mass is 127. The van der Waals surface area contributed by atoms with Crippen molar-refractivity contribution in [2.75, 3.05) is 7.05 Å². The van der Waals surface area contributed by atoms with Crippen molar-refractivity contribution in [3.8, 4) is 0 Å². The summed E-state index contributed by atoms with van der Waals surface area (Å²) in [6.07, 6.45) is 6.90. The molecule has 6 heteroatoms. The number of aromatic nitrogens is 1. The van der Waals surface area contributed by atoms with Gasteiger partial charge in [-0.05, 0) is 25.2 Å². The summed E-state index contributed by atoms with van der Waals surface area (Å²) >= 11 is 1.77. The molecule has 1 aromatic heterocycles. The second-order valence-electron chi connectivity index (χ2n) is 5.03. The molecular formula is C14H25IN4S. The van der Waals surface area contributed by atoms with Gasteiger partial charge < -0.3 is 10.6 Å². The van der Waals surface area contributed by atoms with Crippen LogP contribution in [0.1, 0.15) is 43.0 Å². The number of nitrogens with zero attached hydrogens (tertiary/aromatic N) is 2. The molecule has 114 valence electrons. The average molecular weight is 408 g/mol. The molecule has 1 aliphatic rings. The summed E-state index contributed by atoms with van der Waals surface area (Å²) in [5.74, 6) is 1.74. The molecule has 0 aliphatic heterocycles. The molecule has 1 fully saturated rings. The van der Waals surface area contributed by atoms with Crippen molar-refractivity contribution in [2.45, 2.75) is 52.1 Å². The van der Waals surface area contributed by atoms with Gasteiger partial charge in [-0.25, -0.2) is 4.98 Å². The number of nitrogens with one attached hydrogen (secondary N) is 2. The van der Waals surface area contributed by atoms with E-state index < -0.39 is 0 Å². The number of rotatable bonds is 6. The van der Waals surface area contributed by atoms with Gasteiger partial charge in [-0.2, -0.15) is 0 Å². The van der Waals surface area contributed by atoms with Gasteiger partial charge in [-0.1, -0.05) is 20.3 Å². The summed E-state index contributed by atoms with van der Waals surface area (Å²) in [7, 11) is 1.83. The van der Waals surface area contributed by atoms with E-state index in [0.29, 0.717) is 6.04 Å². The van der Waals surface area contributed by atoms with Gasteiger partial charge in [0, 0.05) is 24.2 Å². The van der Waals surface area contributed by atoms with Gasteiger partial charge in [0.25, 0.3) is 0 Å². The molecule has 1 saturated carbocycles. The zero-order valence-corrected chi connectivity index (χ0v) is 15.6. The minimum atomic E-state index is 0. The molecule has 1 heterocycles.